The molecule has 150 valence electrons. The number of methoxy groups -OCH3 is 1. The second-order valence-electron chi connectivity index (χ2n) is 10.3. The summed E-state index contributed by atoms with van der Waals surface area (Å²) in [5, 5.41) is 12.2. The highest BCUT2D eigenvalue weighted by atomic mass is 16.5. The number of hydrogen-bond acceptors (Lipinski definition) is 5. The highest BCUT2D eigenvalue weighted by Crippen LogP contribution is 2.76. The third-order valence-electron chi connectivity index (χ3n) is 9.75. The van der Waals surface area contributed by atoms with Gasteiger partial charge in [0.25, 0.3) is 0 Å². The molecular formula is C23H29NO4. The SMILES string of the molecule is COC(=O)C1=C2CCC3=C2[C@@]2(C1)C(=O)[C@H]1C[C@@]4(O)N(C[C@@H](CC3)[C@@]24C)C[C@H]1C. The molecule has 2 heterocycles. The lowest BCUT2D eigenvalue weighted by Crippen LogP contribution is -2.72. The van der Waals surface area contributed by atoms with E-state index in [1.165, 1.54) is 12.7 Å². The molecule has 0 aromatic heterocycles. The van der Waals surface area contributed by atoms with E-state index in [2.05, 4.69) is 18.7 Å². The van der Waals surface area contributed by atoms with Crippen LogP contribution in [0, 0.1) is 28.6 Å². The number of allylic oxidation sites excluding steroid dienone is 3. The van der Waals surface area contributed by atoms with Crippen LogP contribution in [-0.4, -0.2) is 47.7 Å². The molecule has 1 spiro atoms. The van der Waals surface area contributed by atoms with Gasteiger partial charge in [-0.05, 0) is 55.1 Å². The summed E-state index contributed by atoms with van der Waals surface area (Å²) < 4.78 is 5.14. The zero-order chi connectivity index (χ0) is 19.6. The summed E-state index contributed by atoms with van der Waals surface area (Å²) in [6, 6.07) is 0. The molecule has 5 heteroatoms. The number of Topliss-reactive ketones (excluding diaryl/α,β-unsaturated/α-hetero) is 1. The van der Waals surface area contributed by atoms with Crippen molar-refractivity contribution in [2.24, 2.45) is 28.6 Å². The number of ketones is 1. The van der Waals surface area contributed by atoms with E-state index in [1.807, 2.05) is 0 Å². The van der Waals surface area contributed by atoms with Crippen LogP contribution in [0.5, 0.6) is 0 Å². The average Bonchev–Trinajstić information content (AvgIpc) is 3.27. The molecule has 2 bridgehead atoms. The first-order chi connectivity index (χ1) is 13.3. The molecule has 3 fully saturated rings. The molecule has 6 aliphatic rings. The van der Waals surface area contributed by atoms with Crippen molar-refractivity contribution in [1.82, 2.24) is 4.90 Å². The fourth-order valence-corrected chi connectivity index (χ4v) is 8.43. The van der Waals surface area contributed by atoms with E-state index in [0.717, 1.165) is 49.9 Å². The zero-order valence-corrected chi connectivity index (χ0v) is 17.0. The predicted octanol–water partition coefficient (Wildman–Crippen LogP) is 2.60. The minimum atomic E-state index is -0.954. The van der Waals surface area contributed by atoms with Crippen LogP contribution in [0.3, 0.4) is 0 Å². The van der Waals surface area contributed by atoms with Crippen molar-refractivity contribution in [3.63, 3.8) is 0 Å². The van der Waals surface area contributed by atoms with E-state index in [9.17, 15) is 14.7 Å². The predicted molar refractivity (Wildman–Crippen MR) is 102 cm³/mol. The molecule has 0 unspecified atom stereocenters. The lowest BCUT2D eigenvalue weighted by Gasteiger charge is -2.63. The van der Waals surface area contributed by atoms with E-state index in [0.29, 0.717) is 24.2 Å². The van der Waals surface area contributed by atoms with Gasteiger partial charge in [0.1, 0.15) is 11.5 Å². The molecule has 2 aliphatic heterocycles. The Kier molecular flexibility index (Phi) is 3.10. The molecule has 0 aromatic carbocycles. The molecular weight excluding hydrogens is 354 g/mol. The van der Waals surface area contributed by atoms with E-state index in [1.54, 1.807) is 0 Å². The molecule has 0 aromatic rings. The van der Waals surface area contributed by atoms with Crippen molar-refractivity contribution in [3.8, 4) is 0 Å². The van der Waals surface area contributed by atoms with Gasteiger partial charge in [0.15, 0.2) is 0 Å². The zero-order valence-electron chi connectivity index (χ0n) is 17.0. The van der Waals surface area contributed by atoms with Crippen molar-refractivity contribution in [1.29, 1.82) is 0 Å². The molecule has 28 heavy (non-hydrogen) atoms. The maximum atomic E-state index is 14.3. The number of rotatable bonds is 1. The third kappa shape index (κ3) is 1.52. The van der Waals surface area contributed by atoms with Gasteiger partial charge in [0, 0.05) is 36.4 Å². The number of hydrogen-bond donors (Lipinski definition) is 1. The summed E-state index contributed by atoms with van der Waals surface area (Å²) in [5.41, 5.74) is 2.06. The molecule has 6 atom stereocenters. The second kappa shape index (κ2) is 4.99. The monoisotopic (exact) mass is 383 g/mol. The van der Waals surface area contributed by atoms with Crippen molar-refractivity contribution >= 4 is 11.8 Å². The Balaban J connectivity index is 1.67. The first kappa shape index (κ1) is 17.4. The van der Waals surface area contributed by atoms with Crippen LogP contribution in [0.4, 0.5) is 0 Å². The number of nitrogens with zero attached hydrogens (tertiary/aromatic N) is 1. The maximum Gasteiger partial charge on any atom is 0.334 e. The first-order valence-corrected chi connectivity index (χ1v) is 10.8. The van der Waals surface area contributed by atoms with Crippen LogP contribution in [0.25, 0.3) is 0 Å². The summed E-state index contributed by atoms with van der Waals surface area (Å²) in [5.74, 6) is 0.398. The number of carbonyl (C=O) groups excluding carboxylic acids is 2. The topological polar surface area (TPSA) is 66.8 Å². The lowest BCUT2D eigenvalue weighted by molar-refractivity contribution is -0.244. The minimum Gasteiger partial charge on any atom is -0.466 e. The molecule has 4 aliphatic carbocycles. The molecule has 1 N–H and O–H groups in total. The lowest BCUT2D eigenvalue weighted by atomic mass is 9.44. The molecule has 2 saturated heterocycles. The Morgan fingerprint density at radius 1 is 1.25 bits per heavy atom. The second-order valence-corrected chi connectivity index (χ2v) is 10.3. The molecule has 5 nitrogen and oxygen atoms in total. The standard InChI is InChI=1S/C23H29NO4/c1-12-10-24-11-14-6-4-13-5-7-15-17(20(26)28-3)8-22(18(13)15)19(25)16(12)9-23(24,27)21(14,22)2/h12,14,16,27H,4-11H2,1-3H3/t12-,14-,16+,21+,22+,23+/m1/s1. The van der Waals surface area contributed by atoms with Crippen LogP contribution in [0.2, 0.25) is 0 Å². The Hall–Kier alpha value is -1.46. The van der Waals surface area contributed by atoms with Crippen LogP contribution < -0.4 is 0 Å². The van der Waals surface area contributed by atoms with Crippen LogP contribution in [-0.2, 0) is 14.3 Å². The van der Waals surface area contributed by atoms with Crippen molar-refractivity contribution in [3.05, 3.63) is 22.3 Å². The van der Waals surface area contributed by atoms with Gasteiger partial charge in [0.2, 0.25) is 0 Å². The summed E-state index contributed by atoms with van der Waals surface area (Å²) in [6.45, 7) is 5.99. The molecule has 0 amide bonds. The van der Waals surface area contributed by atoms with Gasteiger partial charge in [-0.3, -0.25) is 9.69 Å². The van der Waals surface area contributed by atoms with Gasteiger partial charge < -0.3 is 9.84 Å². The quantitative estimate of drug-likeness (QED) is 0.705. The summed E-state index contributed by atoms with van der Waals surface area (Å²) in [4.78, 5) is 29.3. The normalized spacial score (nSPS) is 48.9. The van der Waals surface area contributed by atoms with Gasteiger partial charge in [-0.25, -0.2) is 4.79 Å². The summed E-state index contributed by atoms with van der Waals surface area (Å²) in [7, 11) is 1.43. The minimum absolute atomic E-state index is 0.126. The number of esters is 1. The van der Waals surface area contributed by atoms with Crippen molar-refractivity contribution in [2.45, 2.75) is 58.1 Å². The van der Waals surface area contributed by atoms with Crippen molar-refractivity contribution < 1.29 is 19.4 Å². The fraction of sp³-hybridized carbons (Fsp3) is 0.739. The molecule has 0 radical (unpaired) electrons. The van der Waals surface area contributed by atoms with Crippen molar-refractivity contribution in [2.75, 3.05) is 20.2 Å². The Morgan fingerprint density at radius 2 is 2.04 bits per heavy atom. The van der Waals surface area contributed by atoms with Gasteiger partial charge in [-0.15, -0.1) is 0 Å². The highest BCUT2D eigenvalue weighted by molar-refractivity contribution is 6.01. The number of ether oxygens (including phenoxy) is 1. The van der Waals surface area contributed by atoms with Gasteiger partial charge in [-0.2, -0.15) is 0 Å². The first-order valence-electron chi connectivity index (χ1n) is 10.8. The van der Waals surface area contributed by atoms with E-state index < -0.39 is 16.6 Å². The van der Waals surface area contributed by atoms with Crippen LogP contribution in [0.15, 0.2) is 22.3 Å². The average molecular weight is 383 g/mol. The largest absolute Gasteiger partial charge is 0.466 e. The summed E-state index contributed by atoms with van der Waals surface area (Å²) in [6.07, 6.45) is 4.79. The number of carbonyl (C=O) groups is 2. The Labute approximate surface area is 165 Å². The Morgan fingerprint density at radius 3 is 2.79 bits per heavy atom. The third-order valence-corrected chi connectivity index (χ3v) is 9.75. The number of aliphatic hydroxyl groups is 1. The fourth-order valence-electron chi connectivity index (χ4n) is 8.43. The highest BCUT2D eigenvalue weighted by Gasteiger charge is 2.79. The van der Waals surface area contributed by atoms with Gasteiger partial charge in [0.05, 0.1) is 12.5 Å². The summed E-state index contributed by atoms with van der Waals surface area (Å²) >= 11 is 0. The smallest absolute Gasteiger partial charge is 0.334 e. The number of piperidine rings is 1. The maximum absolute atomic E-state index is 14.3. The molecule has 1 saturated carbocycles. The van der Waals surface area contributed by atoms with Gasteiger partial charge >= 0.3 is 5.97 Å². The molecule has 6 rings (SSSR count). The van der Waals surface area contributed by atoms with E-state index in [4.69, 9.17) is 4.74 Å². The van der Waals surface area contributed by atoms with E-state index in [-0.39, 0.29) is 23.7 Å². The van der Waals surface area contributed by atoms with Crippen LogP contribution >= 0.6 is 0 Å². The van der Waals surface area contributed by atoms with Crippen LogP contribution in [0.1, 0.15) is 52.4 Å². The van der Waals surface area contributed by atoms with E-state index >= 15 is 0 Å². The number of fused-ring (bicyclic) bond motifs is 1. The Bertz CT molecular complexity index is 902. The van der Waals surface area contributed by atoms with Gasteiger partial charge in [-0.1, -0.05) is 19.4 Å².